The Morgan fingerprint density at radius 3 is 2.61 bits per heavy atom. The second-order valence-electron chi connectivity index (χ2n) is 7.48. The Hall–Kier alpha value is -2.73. The standard InChI is InChI=1S/C22H26FN3O2/c1-25(14-21(27)24-18-12-10-17(23)11-13-18)15-22(28)26(2)20-9-5-7-16-6-3-4-8-19(16)20/h3-4,6,8,10-13,20H,5,7,9,14-15H2,1-2H3,(H,24,27)/p+1/t20-/m1/s1. The first kappa shape index (κ1) is 20.0. The molecule has 0 fully saturated rings. The number of quaternary nitrogens is 1. The normalized spacial score (nSPS) is 16.8. The zero-order chi connectivity index (χ0) is 20.1. The van der Waals surface area contributed by atoms with E-state index < -0.39 is 0 Å². The van der Waals surface area contributed by atoms with Gasteiger partial charge in [-0.25, -0.2) is 4.39 Å². The number of likely N-dealkylation sites (N-methyl/N-ethyl adjacent to an activating group) is 2. The predicted octanol–water partition coefficient (Wildman–Crippen LogP) is 1.81. The molecule has 2 aromatic carbocycles. The van der Waals surface area contributed by atoms with Crippen LogP contribution in [-0.2, 0) is 16.0 Å². The number of nitrogens with zero attached hydrogens (tertiary/aromatic N) is 1. The van der Waals surface area contributed by atoms with Crippen LogP contribution in [0.25, 0.3) is 0 Å². The van der Waals surface area contributed by atoms with Gasteiger partial charge in [0.15, 0.2) is 13.1 Å². The van der Waals surface area contributed by atoms with Crippen molar-refractivity contribution in [1.29, 1.82) is 0 Å². The van der Waals surface area contributed by atoms with Gasteiger partial charge in [-0.3, -0.25) is 9.59 Å². The molecule has 0 heterocycles. The van der Waals surface area contributed by atoms with Crippen LogP contribution in [-0.4, -0.2) is 43.9 Å². The number of anilines is 1. The maximum absolute atomic E-state index is 12.9. The smallest absolute Gasteiger partial charge is 0.279 e. The van der Waals surface area contributed by atoms with Gasteiger partial charge in [-0.05, 0) is 54.7 Å². The SMILES string of the molecule is CN(C(=O)C[NH+](C)CC(=O)Nc1ccc(F)cc1)[C@@H]1CCCc2ccccc21. The highest BCUT2D eigenvalue weighted by atomic mass is 19.1. The predicted molar refractivity (Wildman–Crippen MR) is 107 cm³/mol. The molecule has 0 aliphatic heterocycles. The van der Waals surface area contributed by atoms with Crippen molar-refractivity contribution in [3.05, 3.63) is 65.5 Å². The summed E-state index contributed by atoms with van der Waals surface area (Å²) in [5, 5.41) is 2.73. The number of amides is 2. The highest BCUT2D eigenvalue weighted by Gasteiger charge is 2.28. The number of rotatable bonds is 6. The van der Waals surface area contributed by atoms with Crippen LogP contribution in [0.2, 0.25) is 0 Å². The fourth-order valence-electron chi connectivity index (χ4n) is 3.76. The lowest BCUT2D eigenvalue weighted by atomic mass is 9.87. The first-order valence-electron chi connectivity index (χ1n) is 9.64. The Balaban J connectivity index is 1.54. The minimum absolute atomic E-state index is 0.0220. The summed E-state index contributed by atoms with van der Waals surface area (Å²) in [6.45, 7) is 0.407. The van der Waals surface area contributed by atoms with Gasteiger partial charge in [-0.15, -0.1) is 0 Å². The first-order valence-corrected chi connectivity index (χ1v) is 9.64. The van der Waals surface area contributed by atoms with Crippen molar-refractivity contribution in [2.24, 2.45) is 0 Å². The Morgan fingerprint density at radius 2 is 1.86 bits per heavy atom. The van der Waals surface area contributed by atoms with Gasteiger partial charge in [0.25, 0.3) is 11.8 Å². The van der Waals surface area contributed by atoms with E-state index in [1.807, 2.05) is 31.1 Å². The minimum atomic E-state index is -0.348. The van der Waals surface area contributed by atoms with E-state index in [1.54, 1.807) is 0 Å². The van der Waals surface area contributed by atoms with Crippen molar-refractivity contribution < 1.29 is 18.9 Å². The van der Waals surface area contributed by atoms with Gasteiger partial charge in [-0.1, -0.05) is 24.3 Å². The van der Waals surface area contributed by atoms with Crippen LogP contribution in [0.15, 0.2) is 48.5 Å². The number of hydrogen-bond acceptors (Lipinski definition) is 2. The van der Waals surface area contributed by atoms with Gasteiger partial charge in [0.1, 0.15) is 5.82 Å². The number of carbonyl (C=O) groups is 2. The van der Waals surface area contributed by atoms with Gasteiger partial charge < -0.3 is 15.1 Å². The fraction of sp³-hybridized carbons (Fsp3) is 0.364. The van der Waals surface area contributed by atoms with Gasteiger partial charge in [0.05, 0.1) is 13.1 Å². The highest BCUT2D eigenvalue weighted by Crippen LogP contribution is 2.33. The largest absolute Gasteiger partial charge is 0.334 e. The third kappa shape index (κ3) is 4.95. The Labute approximate surface area is 165 Å². The molecule has 28 heavy (non-hydrogen) atoms. The van der Waals surface area contributed by atoms with E-state index in [0.717, 1.165) is 24.2 Å². The Morgan fingerprint density at radius 1 is 1.14 bits per heavy atom. The summed E-state index contributed by atoms with van der Waals surface area (Å²) >= 11 is 0. The van der Waals surface area contributed by atoms with Gasteiger partial charge in [0.2, 0.25) is 0 Å². The quantitative estimate of drug-likeness (QED) is 0.798. The van der Waals surface area contributed by atoms with Crippen LogP contribution in [0.5, 0.6) is 0 Å². The summed E-state index contributed by atoms with van der Waals surface area (Å²) in [6, 6.07) is 14.0. The van der Waals surface area contributed by atoms with Crippen molar-refractivity contribution >= 4 is 17.5 Å². The molecule has 1 aliphatic rings. The lowest BCUT2D eigenvalue weighted by molar-refractivity contribution is -0.862. The van der Waals surface area contributed by atoms with Crippen molar-refractivity contribution in [2.75, 3.05) is 32.5 Å². The van der Waals surface area contributed by atoms with Crippen LogP contribution in [0, 0.1) is 5.82 Å². The minimum Gasteiger partial charge on any atom is -0.334 e. The van der Waals surface area contributed by atoms with Gasteiger partial charge >= 0.3 is 0 Å². The molecule has 0 bridgehead atoms. The third-order valence-corrected chi connectivity index (χ3v) is 5.24. The maximum atomic E-state index is 12.9. The number of hydrogen-bond donors (Lipinski definition) is 2. The van der Waals surface area contributed by atoms with Crippen molar-refractivity contribution in [3.8, 4) is 0 Å². The number of aryl methyl sites for hydroxylation is 1. The monoisotopic (exact) mass is 384 g/mol. The molecule has 0 radical (unpaired) electrons. The van der Waals surface area contributed by atoms with Gasteiger partial charge in [0, 0.05) is 12.7 Å². The summed E-state index contributed by atoms with van der Waals surface area (Å²) in [6.07, 6.45) is 3.09. The third-order valence-electron chi connectivity index (χ3n) is 5.24. The molecular weight excluding hydrogens is 357 g/mol. The highest BCUT2D eigenvalue weighted by molar-refractivity contribution is 5.91. The average molecular weight is 384 g/mol. The van der Waals surface area contributed by atoms with Crippen LogP contribution in [0.4, 0.5) is 10.1 Å². The summed E-state index contributed by atoms with van der Waals surface area (Å²) in [4.78, 5) is 27.6. The molecule has 2 N–H and O–H groups in total. The molecule has 6 heteroatoms. The molecule has 0 spiro atoms. The number of fused-ring (bicyclic) bond motifs is 1. The average Bonchev–Trinajstić information content (AvgIpc) is 2.68. The number of carbonyl (C=O) groups excluding carboxylic acids is 2. The van der Waals surface area contributed by atoms with E-state index in [9.17, 15) is 14.0 Å². The number of halogens is 1. The van der Waals surface area contributed by atoms with Crippen molar-refractivity contribution in [1.82, 2.24) is 4.90 Å². The van der Waals surface area contributed by atoms with E-state index in [1.165, 1.54) is 35.4 Å². The van der Waals surface area contributed by atoms with Crippen LogP contribution >= 0.6 is 0 Å². The summed E-state index contributed by atoms with van der Waals surface area (Å²) in [7, 11) is 3.67. The molecule has 0 saturated heterocycles. The molecule has 2 amide bonds. The second-order valence-corrected chi connectivity index (χ2v) is 7.48. The lowest BCUT2D eigenvalue weighted by Gasteiger charge is -2.33. The number of nitrogens with one attached hydrogen (secondary N) is 2. The molecule has 2 atom stereocenters. The summed E-state index contributed by atoms with van der Waals surface area (Å²) < 4.78 is 12.9. The first-order chi connectivity index (χ1) is 13.4. The number of benzene rings is 2. The molecule has 148 valence electrons. The molecular formula is C22H27FN3O2+. The fourth-order valence-corrected chi connectivity index (χ4v) is 3.76. The zero-order valence-electron chi connectivity index (χ0n) is 16.4. The van der Waals surface area contributed by atoms with Gasteiger partial charge in [-0.2, -0.15) is 0 Å². The topological polar surface area (TPSA) is 53.9 Å². The van der Waals surface area contributed by atoms with Crippen LogP contribution in [0.3, 0.4) is 0 Å². The second kappa shape index (κ2) is 8.97. The maximum Gasteiger partial charge on any atom is 0.279 e. The Bertz CT molecular complexity index is 838. The zero-order valence-corrected chi connectivity index (χ0v) is 16.4. The summed E-state index contributed by atoms with van der Waals surface area (Å²) in [5.74, 6) is -0.532. The van der Waals surface area contributed by atoms with Crippen LogP contribution < -0.4 is 10.2 Å². The molecule has 1 unspecified atom stereocenters. The molecule has 2 aromatic rings. The summed E-state index contributed by atoms with van der Waals surface area (Å²) in [5.41, 5.74) is 3.09. The molecule has 5 nitrogen and oxygen atoms in total. The van der Waals surface area contributed by atoms with E-state index in [2.05, 4.69) is 17.4 Å². The van der Waals surface area contributed by atoms with Crippen molar-refractivity contribution in [2.45, 2.75) is 25.3 Å². The molecule has 0 aromatic heterocycles. The molecule has 1 aliphatic carbocycles. The van der Waals surface area contributed by atoms with Crippen LogP contribution in [0.1, 0.15) is 30.0 Å². The molecule has 3 rings (SSSR count). The van der Waals surface area contributed by atoms with E-state index in [0.29, 0.717) is 5.69 Å². The molecule has 0 saturated carbocycles. The lowest BCUT2D eigenvalue weighted by Crippen LogP contribution is -3.11. The Kier molecular flexibility index (Phi) is 6.41. The van der Waals surface area contributed by atoms with E-state index in [4.69, 9.17) is 0 Å². The van der Waals surface area contributed by atoms with E-state index >= 15 is 0 Å². The van der Waals surface area contributed by atoms with E-state index in [-0.39, 0.29) is 36.8 Å². The van der Waals surface area contributed by atoms with Crippen molar-refractivity contribution in [3.63, 3.8) is 0 Å².